The standard InChI is InChI=1S/C18H27Cl2NO/c1-17(2)6-8-18(9-7-17,14(12-21)5-10-22)13-3-4-15(19)16(20)11-13/h3-4,11,14,22H,5-10,12,21H2,1-2H3. The van der Waals surface area contributed by atoms with Crippen LogP contribution in [0.2, 0.25) is 10.0 Å². The molecule has 1 saturated carbocycles. The normalized spacial score (nSPS) is 21.5. The molecule has 2 rings (SSSR count). The van der Waals surface area contributed by atoms with Crippen LogP contribution in [0.25, 0.3) is 0 Å². The molecule has 0 saturated heterocycles. The SMILES string of the molecule is CC1(C)CCC(c2ccc(Cl)c(Cl)c2)(C(CN)CCO)CC1. The summed E-state index contributed by atoms with van der Waals surface area (Å²) in [7, 11) is 0. The van der Waals surface area contributed by atoms with Crippen LogP contribution in [0.3, 0.4) is 0 Å². The van der Waals surface area contributed by atoms with Gasteiger partial charge in [0.15, 0.2) is 0 Å². The van der Waals surface area contributed by atoms with Gasteiger partial charge >= 0.3 is 0 Å². The van der Waals surface area contributed by atoms with Crippen LogP contribution in [0.4, 0.5) is 0 Å². The van der Waals surface area contributed by atoms with Gasteiger partial charge in [-0.15, -0.1) is 0 Å². The van der Waals surface area contributed by atoms with Crippen molar-refractivity contribution in [3.63, 3.8) is 0 Å². The fraction of sp³-hybridized carbons (Fsp3) is 0.667. The van der Waals surface area contributed by atoms with E-state index in [2.05, 4.69) is 19.9 Å². The highest BCUT2D eigenvalue weighted by Crippen LogP contribution is 2.51. The Balaban J connectivity index is 2.43. The van der Waals surface area contributed by atoms with Gasteiger partial charge in [-0.3, -0.25) is 0 Å². The Kier molecular flexibility index (Phi) is 5.82. The topological polar surface area (TPSA) is 46.2 Å². The number of aliphatic hydroxyl groups is 1. The van der Waals surface area contributed by atoms with Crippen LogP contribution in [0.15, 0.2) is 18.2 Å². The van der Waals surface area contributed by atoms with Crippen LogP contribution >= 0.6 is 23.2 Å². The largest absolute Gasteiger partial charge is 0.396 e. The molecule has 1 fully saturated rings. The van der Waals surface area contributed by atoms with Gasteiger partial charge in [0, 0.05) is 6.61 Å². The van der Waals surface area contributed by atoms with E-state index in [-0.39, 0.29) is 17.9 Å². The Labute approximate surface area is 144 Å². The quantitative estimate of drug-likeness (QED) is 0.807. The lowest BCUT2D eigenvalue weighted by Gasteiger charge is -2.48. The molecule has 1 atom stereocenters. The molecule has 0 amide bonds. The summed E-state index contributed by atoms with van der Waals surface area (Å²) in [6.07, 6.45) is 5.22. The van der Waals surface area contributed by atoms with E-state index in [1.54, 1.807) is 0 Å². The number of halogens is 2. The first kappa shape index (κ1) is 18.1. The molecule has 0 heterocycles. The third-order valence-corrected chi connectivity index (χ3v) is 6.27. The fourth-order valence-electron chi connectivity index (χ4n) is 3.89. The highest BCUT2D eigenvalue weighted by atomic mass is 35.5. The number of aliphatic hydroxyl groups excluding tert-OH is 1. The molecule has 0 radical (unpaired) electrons. The van der Waals surface area contributed by atoms with Gasteiger partial charge in [-0.1, -0.05) is 43.1 Å². The highest BCUT2D eigenvalue weighted by molar-refractivity contribution is 6.42. The molecule has 22 heavy (non-hydrogen) atoms. The zero-order valence-electron chi connectivity index (χ0n) is 13.5. The highest BCUT2D eigenvalue weighted by Gasteiger charge is 2.44. The van der Waals surface area contributed by atoms with Crippen molar-refractivity contribution < 1.29 is 5.11 Å². The molecule has 2 nitrogen and oxygen atoms in total. The van der Waals surface area contributed by atoms with Crippen LogP contribution in [-0.2, 0) is 5.41 Å². The van der Waals surface area contributed by atoms with E-state index < -0.39 is 0 Å². The van der Waals surface area contributed by atoms with E-state index in [1.165, 1.54) is 5.56 Å². The lowest BCUT2D eigenvalue weighted by atomic mass is 9.57. The van der Waals surface area contributed by atoms with Gasteiger partial charge in [-0.2, -0.15) is 0 Å². The molecular formula is C18H27Cl2NO. The molecule has 1 aromatic rings. The lowest BCUT2D eigenvalue weighted by molar-refractivity contribution is 0.0980. The summed E-state index contributed by atoms with van der Waals surface area (Å²) < 4.78 is 0. The van der Waals surface area contributed by atoms with Crippen LogP contribution in [0.1, 0.15) is 51.5 Å². The molecular weight excluding hydrogens is 317 g/mol. The Bertz CT molecular complexity index is 506. The van der Waals surface area contributed by atoms with Crippen molar-refractivity contribution in [2.45, 2.75) is 51.4 Å². The monoisotopic (exact) mass is 343 g/mol. The Morgan fingerprint density at radius 1 is 1.14 bits per heavy atom. The minimum Gasteiger partial charge on any atom is -0.396 e. The van der Waals surface area contributed by atoms with Crippen molar-refractivity contribution in [1.82, 2.24) is 0 Å². The molecule has 1 aliphatic rings. The summed E-state index contributed by atoms with van der Waals surface area (Å²) in [4.78, 5) is 0. The van der Waals surface area contributed by atoms with Crippen molar-refractivity contribution in [1.29, 1.82) is 0 Å². The van der Waals surface area contributed by atoms with Gasteiger partial charge < -0.3 is 10.8 Å². The first-order valence-electron chi connectivity index (χ1n) is 8.11. The molecule has 0 spiro atoms. The number of rotatable bonds is 5. The van der Waals surface area contributed by atoms with Gasteiger partial charge in [0.05, 0.1) is 10.0 Å². The Hall–Kier alpha value is -0.280. The average Bonchev–Trinajstić information content (AvgIpc) is 2.48. The maximum Gasteiger partial charge on any atom is 0.0595 e. The maximum absolute atomic E-state index is 9.46. The predicted octanol–water partition coefficient (Wildman–Crippen LogP) is 4.79. The molecule has 1 unspecified atom stereocenters. The number of nitrogens with two attached hydrogens (primary N) is 1. The van der Waals surface area contributed by atoms with E-state index in [9.17, 15) is 5.11 Å². The average molecular weight is 344 g/mol. The maximum atomic E-state index is 9.46. The van der Waals surface area contributed by atoms with Crippen LogP contribution < -0.4 is 5.73 Å². The second kappa shape index (κ2) is 7.09. The Morgan fingerprint density at radius 3 is 2.27 bits per heavy atom. The van der Waals surface area contributed by atoms with Gasteiger partial charge in [0.25, 0.3) is 0 Å². The predicted molar refractivity (Wildman–Crippen MR) is 94.6 cm³/mol. The van der Waals surface area contributed by atoms with Crippen molar-refractivity contribution in [3.8, 4) is 0 Å². The minimum atomic E-state index is 0.00122. The Morgan fingerprint density at radius 2 is 1.77 bits per heavy atom. The smallest absolute Gasteiger partial charge is 0.0595 e. The minimum absolute atomic E-state index is 0.00122. The van der Waals surface area contributed by atoms with Crippen molar-refractivity contribution >= 4 is 23.2 Å². The lowest BCUT2D eigenvalue weighted by Crippen LogP contribution is -2.44. The van der Waals surface area contributed by atoms with Gasteiger partial charge in [0.1, 0.15) is 0 Å². The van der Waals surface area contributed by atoms with Gasteiger partial charge in [0.2, 0.25) is 0 Å². The zero-order valence-corrected chi connectivity index (χ0v) is 15.1. The first-order valence-corrected chi connectivity index (χ1v) is 8.87. The summed E-state index contributed by atoms with van der Waals surface area (Å²) in [5.74, 6) is 0.269. The van der Waals surface area contributed by atoms with Crippen LogP contribution in [0.5, 0.6) is 0 Å². The van der Waals surface area contributed by atoms with Crippen molar-refractivity contribution in [2.24, 2.45) is 17.1 Å². The fourth-order valence-corrected chi connectivity index (χ4v) is 4.19. The van der Waals surface area contributed by atoms with E-state index in [0.717, 1.165) is 32.1 Å². The molecule has 3 N–H and O–H groups in total. The molecule has 1 aromatic carbocycles. The number of hydrogen-bond donors (Lipinski definition) is 2. The number of hydrogen-bond acceptors (Lipinski definition) is 2. The van der Waals surface area contributed by atoms with E-state index in [1.807, 2.05) is 12.1 Å². The molecule has 0 aliphatic heterocycles. The third kappa shape index (κ3) is 3.62. The summed E-state index contributed by atoms with van der Waals surface area (Å²) in [6, 6.07) is 5.97. The third-order valence-electron chi connectivity index (χ3n) is 5.53. The number of benzene rings is 1. The first-order chi connectivity index (χ1) is 10.3. The molecule has 4 heteroatoms. The summed E-state index contributed by atoms with van der Waals surface area (Å²) in [6.45, 7) is 5.42. The summed E-state index contributed by atoms with van der Waals surface area (Å²) >= 11 is 12.4. The van der Waals surface area contributed by atoms with Gasteiger partial charge in [-0.05, 0) is 73.1 Å². The molecule has 0 bridgehead atoms. The van der Waals surface area contributed by atoms with E-state index in [0.29, 0.717) is 22.0 Å². The zero-order chi connectivity index (χ0) is 16.4. The summed E-state index contributed by atoms with van der Waals surface area (Å²) in [5.41, 5.74) is 7.68. The molecule has 0 aromatic heterocycles. The van der Waals surface area contributed by atoms with Crippen molar-refractivity contribution in [2.75, 3.05) is 13.2 Å². The van der Waals surface area contributed by atoms with Crippen LogP contribution in [-0.4, -0.2) is 18.3 Å². The molecule has 124 valence electrons. The van der Waals surface area contributed by atoms with Crippen molar-refractivity contribution in [3.05, 3.63) is 33.8 Å². The van der Waals surface area contributed by atoms with E-state index in [4.69, 9.17) is 28.9 Å². The second-order valence-corrected chi connectivity index (χ2v) is 8.21. The second-order valence-electron chi connectivity index (χ2n) is 7.39. The van der Waals surface area contributed by atoms with Crippen LogP contribution in [0, 0.1) is 11.3 Å². The molecule has 1 aliphatic carbocycles. The van der Waals surface area contributed by atoms with Gasteiger partial charge in [-0.25, -0.2) is 0 Å². The summed E-state index contributed by atoms with van der Waals surface area (Å²) in [5, 5.41) is 10.6. The van der Waals surface area contributed by atoms with E-state index >= 15 is 0 Å².